The average Bonchev–Trinajstić information content (AvgIpc) is 3.05. The van der Waals surface area contributed by atoms with Crippen molar-refractivity contribution in [3.8, 4) is 10.4 Å². The van der Waals surface area contributed by atoms with Crippen LogP contribution in [0.3, 0.4) is 0 Å². The molecule has 0 saturated heterocycles. The van der Waals surface area contributed by atoms with E-state index >= 15 is 0 Å². The third-order valence-electron chi connectivity index (χ3n) is 3.81. The highest BCUT2D eigenvalue weighted by Crippen LogP contribution is 2.31. The normalized spacial score (nSPS) is 12.2. The summed E-state index contributed by atoms with van der Waals surface area (Å²) in [5.41, 5.74) is 10.0. The van der Waals surface area contributed by atoms with Crippen LogP contribution in [-0.4, -0.2) is 18.2 Å². The zero-order valence-electron chi connectivity index (χ0n) is 14.0. The Hall–Kier alpha value is -1.94. The minimum absolute atomic E-state index is 0.843. The Bertz CT molecular complexity index is 671. The lowest BCUT2D eigenvalue weighted by Crippen LogP contribution is -1.95. The molecule has 2 heterocycles. The number of allylic oxidation sites excluding steroid dienone is 1. The molecule has 0 spiro atoms. The number of aliphatic imine (C=N–C) groups is 1. The Morgan fingerprint density at radius 2 is 2.17 bits per heavy atom. The van der Waals surface area contributed by atoms with E-state index in [2.05, 4.69) is 40.5 Å². The van der Waals surface area contributed by atoms with Crippen molar-refractivity contribution in [2.45, 2.75) is 39.0 Å². The van der Waals surface area contributed by atoms with Gasteiger partial charge in [-0.3, -0.25) is 9.98 Å². The van der Waals surface area contributed by atoms with E-state index in [0.29, 0.717) is 0 Å². The lowest BCUT2D eigenvalue weighted by molar-refractivity contribution is 0.668. The second-order valence-electron chi connectivity index (χ2n) is 5.52. The number of rotatable bonds is 8. The van der Waals surface area contributed by atoms with Crippen LogP contribution in [0.25, 0.3) is 16.0 Å². The van der Waals surface area contributed by atoms with Crippen molar-refractivity contribution in [1.29, 1.82) is 0 Å². The van der Waals surface area contributed by atoms with Gasteiger partial charge in [0.2, 0.25) is 0 Å². The van der Waals surface area contributed by atoms with Crippen LogP contribution in [0.2, 0.25) is 0 Å². The first-order chi connectivity index (χ1) is 11.3. The van der Waals surface area contributed by atoms with Gasteiger partial charge in [0, 0.05) is 36.1 Å². The molecule has 0 aliphatic carbocycles. The molecule has 0 unspecified atom stereocenters. The number of hydrogen-bond donors (Lipinski definition) is 1. The SMILES string of the molecule is CCCCCCc1ccsc1-c1ccnc(C(C=NC)=CN)c1. The molecule has 0 fully saturated rings. The predicted molar refractivity (Wildman–Crippen MR) is 102 cm³/mol. The molecule has 3 nitrogen and oxygen atoms in total. The Labute approximate surface area is 143 Å². The molecule has 2 N–H and O–H groups in total. The van der Waals surface area contributed by atoms with E-state index in [1.54, 1.807) is 30.8 Å². The Kier molecular flexibility index (Phi) is 7.01. The smallest absolute Gasteiger partial charge is 0.0738 e. The van der Waals surface area contributed by atoms with Gasteiger partial charge in [-0.25, -0.2) is 0 Å². The molecule has 0 bridgehead atoms. The van der Waals surface area contributed by atoms with Gasteiger partial charge in [0.15, 0.2) is 0 Å². The van der Waals surface area contributed by atoms with Crippen LogP contribution in [0, 0.1) is 0 Å². The first-order valence-corrected chi connectivity index (χ1v) is 9.05. The molecule has 0 aliphatic rings. The Morgan fingerprint density at radius 1 is 1.30 bits per heavy atom. The van der Waals surface area contributed by atoms with E-state index in [-0.39, 0.29) is 0 Å². The van der Waals surface area contributed by atoms with Crippen molar-refractivity contribution in [2.75, 3.05) is 7.05 Å². The van der Waals surface area contributed by atoms with E-state index in [1.807, 2.05) is 6.20 Å². The highest BCUT2D eigenvalue weighted by molar-refractivity contribution is 7.13. The van der Waals surface area contributed by atoms with Crippen molar-refractivity contribution in [3.63, 3.8) is 0 Å². The van der Waals surface area contributed by atoms with Gasteiger partial charge in [0.25, 0.3) is 0 Å². The average molecular weight is 327 g/mol. The molecule has 2 rings (SSSR count). The standard InChI is InChI=1S/C19H25N3S/c1-3-4-5-6-7-15-9-11-23-19(15)16-8-10-22-18(12-16)17(13-20)14-21-2/h8-14H,3-7,20H2,1-2H3. The van der Waals surface area contributed by atoms with Crippen molar-refractivity contribution in [1.82, 2.24) is 4.98 Å². The molecule has 0 aliphatic heterocycles. The summed E-state index contributed by atoms with van der Waals surface area (Å²) in [6, 6.07) is 6.42. The molecule has 0 saturated carbocycles. The van der Waals surface area contributed by atoms with Gasteiger partial charge in [-0.2, -0.15) is 0 Å². The van der Waals surface area contributed by atoms with E-state index < -0.39 is 0 Å². The second kappa shape index (κ2) is 9.26. The van der Waals surface area contributed by atoms with Crippen LogP contribution in [0.1, 0.15) is 43.9 Å². The monoisotopic (exact) mass is 327 g/mol. The number of aromatic nitrogens is 1. The number of unbranched alkanes of at least 4 members (excludes halogenated alkanes) is 3. The van der Waals surface area contributed by atoms with Gasteiger partial charge in [-0.05, 0) is 47.5 Å². The number of nitrogens with zero attached hydrogens (tertiary/aromatic N) is 2. The fourth-order valence-electron chi connectivity index (χ4n) is 2.59. The highest BCUT2D eigenvalue weighted by atomic mass is 32.1. The third kappa shape index (κ3) is 4.76. The third-order valence-corrected chi connectivity index (χ3v) is 4.82. The van der Waals surface area contributed by atoms with Gasteiger partial charge >= 0.3 is 0 Å². The molecule has 4 heteroatoms. The van der Waals surface area contributed by atoms with Crippen molar-refractivity contribution < 1.29 is 0 Å². The van der Waals surface area contributed by atoms with Gasteiger partial charge in [-0.1, -0.05) is 26.2 Å². The number of nitrogens with two attached hydrogens (primary N) is 1. The topological polar surface area (TPSA) is 51.3 Å². The summed E-state index contributed by atoms with van der Waals surface area (Å²) < 4.78 is 0. The lowest BCUT2D eigenvalue weighted by atomic mass is 10.0. The zero-order valence-corrected chi connectivity index (χ0v) is 14.8. The summed E-state index contributed by atoms with van der Waals surface area (Å²) in [6.45, 7) is 2.25. The molecule has 0 amide bonds. The van der Waals surface area contributed by atoms with E-state index in [1.165, 1.54) is 41.7 Å². The van der Waals surface area contributed by atoms with Gasteiger partial charge in [0.1, 0.15) is 0 Å². The largest absolute Gasteiger partial charge is 0.404 e. The second-order valence-corrected chi connectivity index (χ2v) is 6.44. The molecule has 2 aromatic heterocycles. The van der Waals surface area contributed by atoms with E-state index in [4.69, 9.17) is 5.73 Å². The number of thiophene rings is 1. The lowest BCUT2D eigenvalue weighted by Gasteiger charge is -2.07. The van der Waals surface area contributed by atoms with Gasteiger partial charge < -0.3 is 5.73 Å². The quantitative estimate of drug-likeness (QED) is 0.552. The summed E-state index contributed by atoms with van der Waals surface area (Å²) in [6.07, 6.45) is 11.4. The van der Waals surface area contributed by atoms with Crippen LogP contribution in [0.5, 0.6) is 0 Å². The fraction of sp³-hybridized carbons (Fsp3) is 0.368. The Morgan fingerprint density at radius 3 is 2.91 bits per heavy atom. The van der Waals surface area contributed by atoms with Crippen LogP contribution >= 0.6 is 11.3 Å². The summed E-state index contributed by atoms with van der Waals surface area (Å²) in [7, 11) is 1.74. The number of pyridine rings is 1. The van der Waals surface area contributed by atoms with Crippen LogP contribution in [-0.2, 0) is 6.42 Å². The van der Waals surface area contributed by atoms with Crippen molar-refractivity contribution in [2.24, 2.45) is 10.7 Å². The van der Waals surface area contributed by atoms with Crippen LogP contribution in [0.4, 0.5) is 0 Å². The minimum atomic E-state index is 0.843. The van der Waals surface area contributed by atoms with E-state index in [0.717, 1.165) is 17.7 Å². The van der Waals surface area contributed by atoms with Gasteiger partial charge in [0.05, 0.1) is 5.69 Å². The molecule has 0 atom stereocenters. The first-order valence-electron chi connectivity index (χ1n) is 8.17. The molecule has 0 radical (unpaired) electrons. The maximum atomic E-state index is 5.69. The molecular weight excluding hydrogens is 302 g/mol. The zero-order chi connectivity index (χ0) is 16.5. The summed E-state index contributed by atoms with van der Waals surface area (Å²) in [4.78, 5) is 9.80. The predicted octanol–water partition coefficient (Wildman–Crippen LogP) is 4.93. The van der Waals surface area contributed by atoms with Crippen molar-refractivity contribution >= 4 is 23.1 Å². The minimum Gasteiger partial charge on any atom is -0.404 e. The molecule has 0 aromatic carbocycles. The highest BCUT2D eigenvalue weighted by Gasteiger charge is 2.09. The van der Waals surface area contributed by atoms with Crippen LogP contribution < -0.4 is 5.73 Å². The number of hydrogen-bond acceptors (Lipinski definition) is 4. The molecule has 122 valence electrons. The Balaban J connectivity index is 2.21. The maximum Gasteiger partial charge on any atom is 0.0738 e. The summed E-state index contributed by atoms with van der Waals surface area (Å²) in [5.74, 6) is 0. The first kappa shape index (κ1) is 17.4. The molecule has 2 aromatic rings. The molecule has 23 heavy (non-hydrogen) atoms. The van der Waals surface area contributed by atoms with Crippen LogP contribution in [0.15, 0.2) is 41.0 Å². The fourth-order valence-corrected chi connectivity index (χ4v) is 3.54. The summed E-state index contributed by atoms with van der Waals surface area (Å²) >= 11 is 1.80. The van der Waals surface area contributed by atoms with Gasteiger partial charge in [-0.15, -0.1) is 11.3 Å². The van der Waals surface area contributed by atoms with E-state index in [9.17, 15) is 0 Å². The summed E-state index contributed by atoms with van der Waals surface area (Å²) in [5, 5.41) is 2.18. The molecular formula is C19H25N3S. The van der Waals surface area contributed by atoms with Crippen molar-refractivity contribution in [3.05, 3.63) is 47.2 Å². The number of aryl methyl sites for hydroxylation is 1. The maximum absolute atomic E-state index is 5.69.